The van der Waals surface area contributed by atoms with Crippen LogP contribution in [0.2, 0.25) is 5.02 Å². The maximum absolute atomic E-state index is 13.0. The second kappa shape index (κ2) is 9.07. The quantitative estimate of drug-likeness (QED) is 0.711. The SMILES string of the molecule is COc1ccc(N2CN=C3S[C@H](CC(=O)Nc4ccccc4)C(=O)N3C2)c(OC)c1Cl. The number of aliphatic imine (C=N–C) groups is 1. The highest BCUT2D eigenvalue weighted by Crippen LogP contribution is 2.43. The van der Waals surface area contributed by atoms with Crippen molar-refractivity contribution in [3.05, 3.63) is 47.5 Å². The summed E-state index contributed by atoms with van der Waals surface area (Å²) in [7, 11) is 3.06. The van der Waals surface area contributed by atoms with Gasteiger partial charge in [0.25, 0.3) is 0 Å². The summed E-state index contributed by atoms with van der Waals surface area (Å²) < 4.78 is 10.7. The van der Waals surface area contributed by atoms with Crippen LogP contribution in [-0.2, 0) is 9.59 Å². The Morgan fingerprint density at radius 2 is 2.00 bits per heavy atom. The Kier molecular flexibility index (Phi) is 6.24. The van der Waals surface area contributed by atoms with Gasteiger partial charge in [-0.25, -0.2) is 4.99 Å². The van der Waals surface area contributed by atoms with Gasteiger partial charge in [0, 0.05) is 12.1 Å². The summed E-state index contributed by atoms with van der Waals surface area (Å²) in [5.74, 6) is 0.603. The number of hydrogen-bond donors (Lipinski definition) is 1. The summed E-state index contributed by atoms with van der Waals surface area (Å²) in [4.78, 5) is 33.4. The zero-order chi connectivity index (χ0) is 22.0. The number of amidine groups is 1. The minimum absolute atomic E-state index is 0.0750. The van der Waals surface area contributed by atoms with E-state index < -0.39 is 5.25 Å². The fraction of sp³-hybridized carbons (Fsp3) is 0.286. The summed E-state index contributed by atoms with van der Waals surface area (Å²) in [6.45, 7) is 0.633. The molecule has 4 rings (SSSR count). The van der Waals surface area contributed by atoms with E-state index in [9.17, 15) is 9.59 Å². The second-order valence-electron chi connectivity index (χ2n) is 6.89. The van der Waals surface area contributed by atoms with Crippen LogP contribution in [0.5, 0.6) is 11.5 Å². The number of hydrogen-bond acceptors (Lipinski definition) is 7. The molecule has 31 heavy (non-hydrogen) atoms. The lowest BCUT2D eigenvalue weighted by Gasteiger charge is -2.33. The first-order valence-electron chi connectivity index (χ1n) is 9.54. The Morgan fingerprint density at radius 1 is 1.23 bits per heavy atom. The topological polar surface area (TPSA) is 83.5 Å². The minimum atomic E-state index is -0.510. The number of thioether (sulfide) groups is 1. The van der Waals surface area contributed by atoms with Gasteiger partial charge in [-0.2, -0.15) is 0 Å². The fourth-order valence-electron chi connectivity index (χ4n) is 3.44. The first kappa shape index (κ1) is 21.3. The molecule has 0 spiro atoms. The predicted octanol–water partition coefficient (Wildman–Crippen LogP) is 3.42. The molecule has 1 atom stereocenters. The van der Waals surface area contributed by atoms with Gasteiger partial charge in [-0.15, -0.1) is 0 Å². The molecule has 2 aromatic carbocycles. The summed E-state index contributed by atoms with van der Waals surface area (Å²) in [5, 5.41) is 3.29. The number of methoxy groups -OCH3 is 2. The lowest BCUT2D eigenvalue weighted by atomic mass is 10.2. The van der Waals surface area contributed by atoms with Gasteiger partial charge in [0.15, 0.2) is 10.9 Å². The van der Waals surface area contributed by atoms with Gasteiger partial charge in [0.1, 0.15) is 29.4 Å². The third kappa shape index (κ3) is 4.28. The average molecular weight is 461 g/mol. The number of fused-ring (bicyclic) bond motifs is 1. The molecule has 0 aliphatic carbocycles. The van der Waals surface area contributed by atoms with E-state index in [1.54, 1.807) is 23.1 Å². The summed E-state index contributed by atoms with van der Waals surface area (Å²) in [5.41, 5.74) is 1.41. The van der Waals surface area contributed by atoms with Crippen molar-refractivity contribution in [1.82, 2.24) is 4.90 Å². The summed E-state index contributed by atoms with van der Waals surface area (Å²) in [6.07, 6.45) is 0.0750. The molecule has 1 fully saturated rings. The van der Waals surface area contributed by atoms with Gasteiger partial charge in [-0.05, 0) is 24.3 Å². The summed E-state index contributed by atoms with van der Waals surface area (Å²) in [6, 6.07) is 12.7. The van der Waals surface area contributed by atoms with Crippen molar-refractivity contribution >= 4 is 51.7 Å². The van der Waals surface area contributed by atoms with Crippen LogP contribution in [0.4, 0.5) is 11.4 Å². The van der Waals surface area contributed by atoms with E-state index in [2.05, 4.69) is 10.3 Å². The Labute approximate surface area is 189 Å². The average Bonchev–Trinajstić information content (AvgIpc) is 3.08. The molecule has 1 saturated heterocycles. The standard InChI is InChI=1S/C21H21ClN4O4S/c1-29-15-9-8-14(19(30-2)18(15)22)25-11-23-21-26(12-25)20(28)16(31-21)10-17(27)24-13-6-4-3-5-7-13/h3-9,16H,10-12H2,1-2H3,(H,24,27)/t16-/m1/s1. The highest BCUT2D eigenvalue weighted by molar-refractivity contribution is 8.15. The van der Waals surface area contributed by atoms with E-state index in [4.69, 9.17) is 21.1 Å². The molecule has 2 aromatic rings. The molecular weight excluding hydrogens is 440 g/mol. The number of ether oxygens (including phenoxy) is 2. The number of carbonyl (C=O) groups is 2. The zero-order valence-electron chi connectivity index (χ0n) is 17.0. The maximum atomic E-state index is 13.0. The van der Waals surface area contributed by atoms with Crippen molar-refractivity contribution in [3.63, 3.8) is 0 Å². The first-order chi connectivity index (χ1) is 15.0. The number of nitrogens with one attached hydrogen (secondary N) is 1. The molecule has 0 radical (unpaired) electrons. The van der Waals surface area contributed by atoms with Crippen molar-refractivity contribution < 1.29 is 19.1 Å². The zero-order valence-corrected chi connectivity index (χ0v) is 18.6. The Balaban J connectivity index is 1.46. The lowest BCUT2D eigenvalue weighted by Crippen LogP contribution is -2.46. The number of amides is 2. The van der Waals surface area contributed by atoms with Crippen molar-refractivity contribution in [3.8, 4) is 11.5 Å². The van der Waals surface area contributed by atoms with Gasteiger partial charge in [0.2, 0.25) is 11.8 Å². The first-order valence-corrected chi connectivity index (χ1v) is 10.8. The molecule has 0 bridgehead atoms. The van der Waals surface area contributed by atoms with Gasteiger partial charge >= 0.3 is 0 Å². The highest BCUT2D eigenvalue weighted by atomic mass is 35.5. The van der Waals surface area contributed by atoms with Crippen LogP contribution < -0.4 is 19.7 Å². The van der Waals surface area contributed by atoms with Gasteiger partial charge in [-0.3, -0.25) is 14.5 Å². The molecular formula is C21H21ClN4O4S. The molecule has 10 heteroatoms. The van der Waals surface area contributed by atoms with E-state index in [-0.39, 0.29) is 18.2 Å². The molecule has 0 saturated carbocycles. The predicted molar refractivity (Wildman–Crippen MR) is 122 cm³/mol. The lowest BCUT2D eigenvalue weighted by molar-refractivity contribution is -0.128. The normalized spacial score (nSPS) is 17.8. The number of rotatable bonds is 6. The number of halogens is 1. The van der Waals surface area contributed by atoms with E-state index in [1.807, 2.05) is 29.2 Å². The third-order valence-electron chi connectivity index (χ3n) is 4.94. The smallest absolute Gasteiger partial charge is 0.244 e. The molecule has 2 heterocycles. The number of benzene rings is 2. The maximum Gasteiger partial charge on any atom is 0.244 e. The Bertz CT molecular complexity index is 1030. The number of para-hydroxylation sites is 1. The van der Waals surface area contributed by atoms with E-state index in [1.165, 1.54) is 26.0 Å². The second-order valence-corrected chi connectivity index (χ2v) is 8.44. The third-order valence-corrected chi connectivity index (χ3v) is 6.51. The minimum Gasteiger partial charge on any atom is -0.495 e. The van der Waals surface area contributed by atoms with Crippen molar-refractivity contribution in [2.75, 3.05) is 37.8 Å². The molecule has 8 nitrogen and oxygen atoms in total. The van der Waals surface area contributed by atoms with Gasteiger partial charge in [-0.1, -0.05) is 41.6 Å². The van der Waals surface area contributed by atoms with E-state index >= 15 is 0 Å². The molecule has 2 aliphatic heterocycles. The monoisotopic (exact) mass is 460 g/mol. The van der Waals surface area contributed by atoms with Gasteiger partial charge < -0.3 is 19.7 Å². The largest absolute Gasteiger partial charge is 0.495 e. The Hall–Kier alpha value is -2.91. The Morgan fingerprint density at radius 3 is 2.71 bits per heavy atom. The van der Waals surface area contributed by atoms with Crippen LogP contribution in [-0.4, -0.2) is 54.7 Å². The van der Waals surface area contributed by atoms with Crippen molar-refractivity contribution in [1.29, 1.82) is 0 Å². The molecule has 0 aromatic heterocycles. The fourth-order valence-corrected chi connectivity index (χ4v) is 4.87. The van der Waals surface area contributed by atoms with Crippen LogP contribution in [0, 0.1) is 0 Å². The van der Waals surface area contributed by atoms with Crippen LogP contribution in [0.3, 0.4) is 0 Å². The molecule has 162 valence electrons. The number of nitrogens with zero attached hydrogens (tertiary/aromatic N) is 3. The summed E-state index contributed by atoms with van der Waals surface area (Å²) >= 11 is 7.70. The number of carbonyl (C=O) groups excluding carboxylic acids is 2. The molecule has 2 aliphatic rings. The molecule has 1 N–H and O–H groups in total. The van der Waals surface area contributed by atoms with Crippen LogP contribution in [0.15, 0.2) is 47.5 Å². The van der Waals surface area contributed by atoms with E-state index in [0.29, 0.717) is 46.4 Å². The van der Waals surface area contributed by atoms with Crippen LogP contribution in [0.25, 0.3) is 0 Å². The van der Waals surface area contributed by atoms with Crippen molar-refractivity contribution in [2.45, 2.75) is 11.7 Å². The number of anilines is 2. The van der Waals surface area contributed by atoms with E-state index in [0.717, 1.165) is 0 Å². The van der Waals surface area contributed by atoms with Crippen LogP contribution >= 0.6 is 23.4 Å². The van der Waals surface area contributed by atoms with Gasteiger partial charge in [0.05, 0.1) is 19.9 Å². The highest BCUT2D eigenvalue weighted by Gasteiger charge is 2.41. The van der Waals surface area contributed by atoms with Crippen molar-refractivity contribution in [2.24, 2.45) is 4.99 Å². The van der Waals surface area contributed by atoms with Crippen LogP contribution in [0.1, 0.15) is 6.42 Å². The molecule has 2 amide bonds. The molecule has 0 unspecified atom stereocenters.